The van der Waals surface area contributed by atoms with E-state index >= 15 is 0 Å². The summed E-state index contributed by atoms with van der Waals surface area (Å²) in [5, 5.41) is 0. The highest BCUT2D eigenvalue weighted by Crippen LogP contribution is 2.14. The normalized spacial score (nSPS) is 11.6. The van der Waals surface area contributed by atoms with Gasteiger partial charge in [0.15, 0.2) is 0 Å². The van der Waals surface area contributed by atoms with E-state index < -0.39 is 0 Å². The van der Waals surface area contributed by atoms with E-state index in [9.17, 15) is 0 Å². The number of ether oxygens (including phenoxy) is 1. The molecule has 18 heavy (non-hydrogen) atoms. The van der Waals surface area contributed by atoms with Crippen LogP contribution in [0.3, 0.4) is 0 Å². The number of hydrogen-bond donors (Lipinski definition) is 0. The van der Waals surface area contributed by atoms with Crippen molar-refractivity contribution in [2.45, 2.75) is 13.5 Å². The van der Waals surface area contributed by atoms with E-state index in [0.29, 0.717) is 0 Å². The molecule has 5 heteroatoms. The number of aromatic nitrogens is 2. The minimum absolute atomic E-state index is 0.771. The molecule has 0 saturated heterocycles. The molecule has 0 aliphatic carbocycles. The second kappa shape index (κ2) is 6.31. The molecule has 0 saturated carbocycles. The zero-order valence-corrected chi connectivity index (χ0v) is 12.4. The fourth-order valence-electron chi connectivity index (χ4n) is 1.84. The summed E-state index contributed by atoms with van der Waals surface area (Å²) in [4.78, 5) is 6.63. The van der Waals surface area contributed by atoms with Crippen molar-refractivity contribution < 1.29 is 4.74 Å². The van der Waals surface area contributed by atoms with Gasteiger partial charge in [-0.25, -0.2) is 4.98 Å². The van der Waals surface area contributed by atoms with Crippen LogP contribution in [0.15, 0.2) is 29.0 Å². The van der Waals surface area contributed by atoms with Crippen molar-refractivity contribution in [1.29, 1.82) is 0 Å². The molecule has 2 aromatic rings. The molecular weight excluding hydrogens is 294 g/mol. The van der Waals surface area contributed by atoms with Crippen LogP contribution in [0.25, 0.3) is 5.65 Å². The number of imidazole rings is 1. The Hall–Kier alpha value is -0.910. The largest absolute Gasteiger partial charge is 0.380 e. The first-order valence-corrected chi connectivity index (χ1v) is 6.87. The highest BCUT2D eigenvalue weighted by molar-refractivity contribution is 9.10. The Bertz CT molecular complexity index is 512. The standard InChI is InChI=1S/C13H18BrN3O/c1-3-18-7-6-16(2)10-12-8-15-13-5-4-11(14)9-17(12)13/h4-5,8-9H,3,6-7,10H2,1-2H3. The van der Waals surface area contributed by atoms with Crippen LogP contribution >= 0.6 is 15.9 Å². The van der Waals surface area contributed by atoms with Crippen molar-refractivity contribution in [2.75, 3.05) is 26.8 Å². The maximum absolute atomic E-state index is 5.36. The average Bonchev–Trinajstić information content (AvgIpc) is 2.72. The molecule has 0 aliphatic rings. The summed E-state index contributed by atoms with van der Waals surface area (Å²) in [5.41, 5.74) is 2.16. The van der Waals surface area contributed by atoms with Gasteiger partial charge in [-0.15, -0.1) is 0 Å². The van der Waals surface area contributed by atoms with Gasteiger partial charge in [0.2, 0.25) is 0 Å². The van der Waals surface area contributed by atoms with Gasteiger partial charge in [-0.3, -0.25) is 4.90 Å². The Morgan fingerprint density at radius 1 is 1.44 bits per heavy atom. The molecule has 0 amide bonds. The van der Waals surface area contributed by atoms with Crippen LogP contribution in [-0.4, -0.2) is 41.1 Å². The fourth-order valence-corrected chi connectivity index (χ4v) is 2.18. The van der Waals surface area contributed by atoms with Crippen molar-refractivity contribution in [3.8, 4) is 0 Å². The first-order valence-electron chi connectivity index (χ1n) is 6.08. The average molecular weight is 312 g/mol. The van der Waals surface area contributed by atoms with Gasteiger partial charge in [-0.2, -0.15) is 0 Å². The van der Waals surface area contributed by atoms with Gasteiger partial charge in [0.05, 0.1) is 18.5 Å². The molecule has 0 N–H and O–H groups in total. The van der Waals surface area contributed by atoms with Gasteiger partial charge in [0, 0.05) is 30.4 Å². The van der Waals surface area contributed by atoms with E-state index in [1.165, 1.54) is 5.69 Å². The Balaban J connectivity index is 2.04. The lowest BCUT2D eigenvalue weighted by Gasteiger charge is -2.16. The lowest BCUT2D eigenvalue weighted by atomic mass is 10.4. The third-order valence-electron chi connectivity index (χ3n) is 2.80. The van der Waals surface area contributed by atoms with Crippen LogP contribution < -0.4 is 0 Å². The number of nitrogens with zero attached hydrogens (tertiary/aromatic N) is 3. The molecule has 0 spiro atoms. The monoisotopic (exact) mass is 311 g/mol. The lowest BCUT2D eigenvalue weighted by molar-refractivity contribution is 0.120. The molecule has 0 fully saturated rings. The molecule has 0 radical (unpaired) electrons. The van der Waals surface area contributed by atoms with Crippen LogP contribution in [0, 0.1) is 0 Å². The summed E-state index contributed by atoms with van der Waals surface area (Å²) >= 11 is 3.49. The van der Waals surface area contributed by atoms with Crippen molar-refractivity contribution in [2.24, 2.45) is 0 Å². The van der Waals surface area contributed by atoms with Crippen LogP contribution in [0.5, 0.6) is 0 Å². The number of hydrogen-bond acceptors (Lipinski definition) is 3. The maximum Gasteiger partial charge on any atom is 0.136 e. The molecule has 0 aromatic carbocycles. The number of fused-ring (bicyclic) bond motifs is 1. The topological polar surface area (TPSA) is 29.8 Å². The predicted octanol–water partition coefficient (Wildman–Crippen LogP) is 2.57. The number of pyridine rings is 1. The first-order chi connectivity index (χ1) is 8.70. The molecule has 98 valence electrons. The predicted molar refractivity (Wildman–Crippen MR) is 75.7 cm³/mol. The van der Waals surface area contributed by atoms with Gasteiger partial charge in [0.25, 0.3) is 0 Å². The van der Waals surface area contributed by atoms with E-state index in [4.69, 9.17) is 4.74 Å². The molecule has 4 nitrogen and oxygen atoms in total. The van der Waals surface area contributed by atoms with E-state index in [-0.39, 0.29) is 0 Å². The highest BCUT2D eigenvalue weighted by atomic mass is 79.9. The summed E-state index contributed by atoms with van der Waals surface area (Å²) in [7, 11) is 2.09. The quantitative estimate of drug-likeness (QED) is 0.768. The van der Waals surface area contributed by atoms with Gasteiger partial charge in [-0.05, 0) is 42.0 Å². The van der Waals surface area contributed by atoms with Crippen molar-refractivity contribution in [3.05, 3.63) is 34.7 Å². The van der Waals surface area contributed by atoms with Crippen molar-refractivity contribution in [1.82, 2.24) is 14.3 Å². The molecule has 0 bridgehead atoms. The van der Waals surface area contributed by atoms with E-state index in [2.05, 4.69) is 37.3 Å². The Labute approximate surface area is 116 Å². The Morgan fingerprint density at radius 3 is 3.06 bits per heavy atom. The van der Waals surface area contributed by atoms with Gasteiger partial charge in [-0.1, -0.05) is 0 Å². The summed E-state index contributed by atoms with van der Waals surface area (Å²) in [6.45, 7) is 5.35. The van der Waals surface area contributed by atoms with Crippen molar-refractivity contribution in [3.63, 3.8) is 0 Å². The van der Waals surface area contributed by atoms with Crippen LogP contribution in [-0.2, 0) is 11.3 Å². The van der Waals surface area contributed by atoms with Gasteiger partial charge >= 0.3 is 0 Å². The summed E-state index contributed by atoms with van der Waals surface area (Å²) < 4.78 is 8.53. The zero-order valence-electron chi connectivity index (χ0n) is 10.8. The minimum atomic E-state index is 0.771. The molecule has 2 heterocycles. The van der Waals surface area contributed by atoms with Gasteiger partial charge < -0.3 is 9.14 Å². The van der Waals surface area contributed by atoms with E-state index in [1.54, 1.807) is 0 Å². The molecular formula is C13H18BrN3O. The SMILES string of the molecule is CCOCCN(C)Cc1cnc2ccc(Br)cn12. The minimum Gasteiger partial charge on any atom is -0.380 e. The lowest BCUT2D eigenvalue weighted by Crippen LogP contribution is -2.23. The molecule has 2 rings (SSSR count). The van der Waals surface area contributed by atoms with E-state index in [0.717, 1.165) is 36.4 Å². The second-order valence-electron chi connectivity index (χ2n) is 4.26. The third-order valence-corrected chi connectivity index (χ3v) is 3.27. The van der Waals surface area contributed by atoms with Crippen LogP contribution in [0.4, 0.5) is 0 Å². The summed E-state index contributed by atoms with van der Waals surface area (Å²) in [6, 6.07) is 4.01. The number of halogens is 1. The molecule has 0 atom stereocenters. The zero-order chi connectivity index (χ0) is 13.0. The summed E-state index contributed by atoms with van der Waals surface area (Å²) in [6.07, 6.45) is 3.98. The number of rotatable bonds is 6. The van der Waals surface area contributed by atoms with E-state index in [1.807, 2.05) is 31.5 Å². The van der Waals surface area contributed by atoms with Gasteiger partial charge in [0.1, 0.15) is 5.65 Å². The molecule has 2 aromatic heterocycles. The maximum atomic E-state index is 5.36. The number of likely N-dealkylation sites (N-methyl/N-ethyl adjacent to an activating group) is 1. The fraction of sp³-hybridized carbons (Fsp3) is 0.462. The Kier molecular flexibility index (Phi) is 4.74. The summed E-state index contributed by atoms with van der Waals surface area (Å²) in [5.74, 6) is 0. The van der Waals surface area contributed by atoms with Crippen molar-refractivity contribution >= 4 is 21.6 Å². The van der Waals surface area contributed by atoms with Crippen LogP contribution in [0.2, 0.25) is 0 Å². The smallest absolute Gasteiger partial charge is 0.136 e. The molecule has 0 aliphatic heterocycles. The first kappa shape index (κ1) is 13.5. The highest BCUT2D eigenvalue weighted by Gasteiger charge is 2.06. The molecule has 0 unspecified atom stereocenters. The van der Waals surface area contributed by atoms with Crippen LogP contribution in [0.1, 0.15) is 12.6 Å². The Morgan fingerprint density at radius 2 is 2.28 bits per heavy atom. The second-order valence-corrected chi connectivity index (χ2v) is 5.18. The third kappa shape index (κ3) is 3.31.